The lowest BCUT2D eigenvalue weighted by molar-refractivity contribution is 0.721. The Labute approximate surface area is 83.7 Å². The summed E-state index contributed by atoms with van der Waals surface area (Å²) in [5, 5.41) is 0. The molecule has 0 amide bonds. The normalized spacial score (nSPS) is 21.3. The van der Waals surface area contributed by atoms with Gasteiger partial charge in [0, 0.05) is 16.7 Å². The molecule has 1 aromatic carbocycles. The number of aryl methyl sites for hydroxylation is 1. The number of hydrogen-bond acceptors (Lipinski definition) is 2. The lowest BCUT2D eigenvalue weighted by Crippen LogP contribution is -2.29. The van der Waals surface area contributed by atoms with Gasteiger partial charge in [0.15, 0.2) is 0 Å². The molecule has 1 nitrogen and oxygen atoms in total. The molecule has 0 radical (unpaired) electrons. The Kier molecular flexibility index (Phi) is 2.35. The predicted octanol–water partition coefficient (Wildman–Crippen LogP) is 2.28. The van der Waals surface area contributed by atoms with E-state index >= 15 is 0 Å². The van der Waals surface area contributed by atoms with Crippen molar-refractivity contribution in [1.29, 1.82) is 0 Å². The van der Waals surface area contributed by atoms with Crippen LogP contribution < -0.4 is 5.73 Å². The standard InChI is InChI=1S/C11H15NS/c1-7-3-4-11-10(8(7)2)5-9(12)6-13-11/h3-4,9H,5-6,12H2,1-2H3. The van der Waals surface area contributed by atoms with Gasteiger partial charge >= 0.3 is 0 Å². The summed E-state index contributed by atoms with van der Waals surface area (Å²) in [6.07, 6.45) is 1.05. The minimum Gasteiger partial charge on any atom is -0.327 e. The van der Waals surface area contributed by atoms with Crippen molar-refractivity contribution in [3.63, 3.8) is 0 Å². The summed E-state index contributed by atoms with van der Waals surface area (Å²) in [7, 11) is 0. The van der Waals surface area contributed by atoms with Crippen molar-refractivity contribution in [1.82, 2.24) is 0 Å². The van der Waals surface area contributed by atoms with E-state index in [1.807, 2.05) is 11.8 Å². The summed E-state index contributed by atoms with van der Waals surface area (Å²) in [4.78, 5) is 1.44. The fourth-order valence-electron chi connectivity index (χ4n) is 1.76. The van der Waals surface area contributed by atoms with Gasteiger partial charge < -0.3 is 5.73 Å². The molecule has 1 unspecified atom stereocenters. The first-order chi connectivity index (χ1) is 6.18. The molecule has 1 aliphatic heterocycles. The molecule has 2 rings (SSSR count). The molecular weight excluding hydrogens is 178 g/mol. The van der Waals surface area contributed by atoms with Crippen LogP contribution >= 0.6 is 11.8 Å². The fourth-order valence-corrected chi connectivity index (χ4v) is 2.84. The Morgan fingerprint density at radius 3 is 2.92 bits per heavy atom. The first-order valence-corrected chi connectivity index (χ1v) is 5.64. The number of nitrogens with two attached hydrogens (primary N) is 1. The molecule has 2 N–H and O–H groups in total. The first kappa shape index (κ1) is 9.10. The topological polar surface area (TPSA) is 26.0 Å². The molecule has 1 heterocycles. The van der Waals surface area contributed by atoms with Gasteiger partial charge in [0.2, 0.25) is 0 Å². The van der Waals surface area contributed by atoms with Gasteiger partial charge in [-0.1, -0.05) is 6.07 Å². The molecule has 1 atom stereocenters. The van der Waals surface area contributed by atoms with Gasteiger partial charge in [0.05, 0.1) is 0 Å². The maximum Gasteiger partial charge on any atom is 0.0175 e. The van der Waals surface area contributed by atoms with E-state index < -0.39 is 0 Å². The van der Waals surface area contributed by atoms with Crippen molar-refractivity contribution in [2.24, 2.45) is 5.73 Å². The molecule has 0 spiro atoms. The number of thioether (sulfide) groups is 1. The lowest BCUT2D eigenvalue weighted by atomic mass is 9.98. The van der Waals surface area contributed by atoms with Crippen LogP contribution in [0.4, 0.5) is 0 Å². The first-order valence-electron chi connectivity index (χ1n) is 4.66. The molecule has 70 valence electrons. The summed E-state index contributed by atoms with van der Waals surface area (Å²) < 4.78 is 0. The second kappa shape index (κ2) is 3.35. The molecule has 1 aliphatic rings. The fraction of sp³-hybridized carbons (Fsp3) is 0.455. The van der Waals surface area contributed by atoms with E-state index in [4.69, 9.17) is 5.73 Å². The highest BCUT2D eigenvalue weighted by molar-refractivity contribution is 7.99. The van der Waals surface area contributed by atoms with Crippen LogP contribution in [0.5, 0.6) is 0 Å². The summed E-state index contributed by atoms with van der Waals surface area (Å²) in [6.45, 7) is 4.37. The van der Waals surface area contributed by atoms with Crippen LogP contribution in [0.3, 0.4) is 0 Å². The molecule has 13 heavy (non-hydrogen) atoms. The highest BCUT2D eigenvalue weighted by Gasteiger charge is 2.17. The third kappa shape index (κ3) is 1.61. The Balaban J connectivity index is 2.48. The molecule has 2 heteroatoms. The lowest BCUT2D eigenvalue weighted by Gasteiger charge is -2.23. The van der Waals surface area contributed by atoms with E-state index in [1.54, 1.807) is 0 Å². The van der Waals surface area contributed by atoms with Crippen LogP contribution in [0, 0.1) is 13.8 Å². The maximum atomic E-state index is 5.95. The van der Waals surface area contributed by atoms with Crippen LogP contribution in [0.15, 0.2) is 17.0 Å². The van der Waals surface area contributed by atoms with E-state index in [1.165, 1.54) is 21.6 Å². The second-order valence-corrected chi connectivity index (χ2v) is 4.82. The van der Waals surface area contributed by atoms with Crippen molar-refractivity contribution < 1.29 is 0 Å². The molecule has 0 saturated heterocycles. The van der Waals surface area contributed by atoms with Gasteiger partial charge in [0.1, 0.15) is 0 Å². The summed E-state index contributed by atoms with van der Waals surface area (Å²) in [6, 6.07) is 4.78. The zero-order valence-corrected chi connectivity index (χ0v) is 8.95. The largest absolute Gasteiger partial charge is 0.327 e. The van der Waals surface area contributed by atoms with Crippen molar-refractivity contribution in [3.05, 3.63) is 28.8 Å². The van der Waals surface area contributed by atoms with Crippen LogP contribution in [0.1, 0.15) is 16.7 Å². The Bertz CT molecular complexity index is 333. The van der Waals surface area contributed by atoms with Crippen LogP contribution in [-0.4, -0.2) is 11.8 Å². The van der Waals surface area contributed by atoms with Crippen molar-refractivity contribution in [2.75, 3.05) is 5.75 Å². The van der Waals surface area contributed by atoms with Gasteiger partial charge in [-0.25, -0.2) is 0 Å². The summed E-state index contributed by atoms with van der Waals surface area (Å²) in [5.41, 5.74) is 10.2. The van der Waals surface area contributed by atoms with Crippen molar-refractivity contribution in [2.45, 2.75) is 31.2 Å². The van der Waals surface area contributed by atoms with Crippen LogP contribution in [0.2, 0.25) is 0 Å². The molecule has 0 aromatic heterocycles. The van der Waals surface area contributed by atoms with Gasteiger partial charge in [-0.15, -0.1) is 11.8 Å². The Morgan fingerprint density at radius 2 is 2.15 bits per heavy atom. The van der Waals surface area contributed by atoms with Gasteiger partial charge in [0.25, 0.3) is 0 Å². The third-order valence-corrected chi connectivity index (χ3v) is 4.03. The average Bonchev–Trinajstić information content (AvgIpc) is 2.12. The minimum absolute atomic E-state index is 0.345. The summed E-state index contributed by atoms with van der Waals surface area (Å²) >= 11 is 1.89. The summed E-state index contributed by atoms with van der Waals surface area (Å²) in [5.74, 6) is 1.06. The Morgan fingerprint density at radius 1 is 1.38 bits per heavy atom. The number of benzene rings is 1. The smallest absolute Gasteiger partial charge is 0.0175 e. The Hall–Kier alpha value is -0.470. The molecule has 0 fully saturated rings. The molecule has 1 aromatic rings. The van der Waals surface area contributed by atoms with Crippen LogP contribution in [0.25, 0.3) is 0 Å². The SMILES string of the molecule is Cc1ccc2c(c1C)CC(N)CS2. The second-order valence-electron chi connectivity index (χ2n) is 3.76. The zero-order valence-electron chi connectivity index (χ0n) is 8.13. The van der Waals surface area contributed by atoms with Crippen molar-refractivity contribution >= 4 is 11.8 Å². The average molecular weight is 193 g/mol. The highest BCUT2D eigenvalue weighted by atomic mass is 32.2. The molecule has 0 bridgehead atoms. The number of rotatable bonds is 0. The molecule has 0 saturated carbocycles. The van der Waals surface area contributed by atoms with E-state index in [0.29, 0.717) is 6.04 Å². The van der Waals surface area contributed by atoms with E-state index in [2.05, 4.69) is 26.0 Å². The third-order valence-electron chi connectivity index (χ3n) is 2.75. The molecular formula is C11H15NS. The quantitative estimate of drug-likeness (QED) is 0.684. The number of fused-ring (bicyclic) bond motifs is 1. The van der Waals surface area contributed by atoms with Crippen molar-refractivity contribution in [3.8, 4) is 0 Å². The maximum absolute atomic E-state index is 5.95. The zero-order chi connectivity index (χ0) is 9.42. The van der Waals surface area contributed by atoms with E-state index in [0.717, 1.165) is 12.2 Å². The van der Waals surface area contributed by atoms with Crippen LogP contribution in [-0.2, 0) is 6.42 Å². The number of hydrogen-bond donors (Lipinski definition) is 1. The van der Waals surface area contributed by atoms with Gasteiger partial charge in [-0.05, 0) is 43.0 Å². The predicted molar refractivity (Wildman–Crippen MR) is 58.3 cm³/mol. The minimum atomic E-state index is 0.345. The monoisotopic (exact) mass is 193 g/mol. The molecule has 0 aliphatic carbocycles. The highest BCUT2D eigenvalue weighted by Crippen LogP contribution is 2.32. The van der Waals surface area contributed by atoms with Gasteiger partial charge in [-0.3, -0.25) is 0 Å². The van der Waals surface area contributed by atoms with Gasteiger partial charge in [-0.2, -0.15) is 0 Å². The van der Waals surface area contributed by atoms with E-state index in [9.17, 15) is 0 Å². The van der Waals surface area contributed by atoms with E-state index in [-0.39, 0.29) is 0 Å².